The zero-order valence-electron chi connectivity index (χ0n) is 14.5. The van der Waals surface area contributed by atoms with Crippen molar-refractivity contribution in [2.45, 2.75) is 39.2 Å². The van der Waals surface area contributed by atoms with Gasteiger partial charge in [-0.2, -0.15) is 0 Å². The van der Waals surface area contributed by atoms with E-state index in [0.717, 1.165) is 28.1 Å². The largest absolute Gasteiger partial charge is 0.394 e. The van der Waals surface area contributed by atoms with Crippen molar-refractivity contribution in [3.05, 3.63) is 47.3 Å². The minimum Gasteiger partial charge on any atom is -0.394 e. The Morgan fingerprint density at radius 3 is 2.80 bits per heavy atom. The highest BCUT2D eigenvalue weighted by atomic mass is 15.1. The van der Waals surface area contributed by atoms with Crippen molar-refractivity contribution < 1.29 is 0 Å². The number of nitrogens with one attached hydrogen (secondary N) is 2. The van der Waals surface area contributed by atoms with Gasteiger partial charge in [0.05, 0.1) is 0 Å². The van der Waals surface area contributed by atoms with E-state index in [1.807, 2.05) is 12.1 Å². The number of anilines is 1. The molecule has 0 bridgehead atoms. The molecule has 2 heterocycles. The summed E-state index contributed by atoms with van der Waals surface area (Å²) in [6.07, 6.45) is 3.83. The second-order valence-electron chi connectivity index (χ2n) is 6.92. The molecule has 0 amide bonds. The van der Waals surface area contributed by atoms with E-state index in [2.05, 4.69) is 57.2 Å². The summed E-state index contributed by atoms with van der Waals surface area (Å²) >= 11 is 0. The summed E-state index contributed by atoms with van der Waals surface area (Å²) in [5, 5.41) is 3.51. The van der Waals surface area contributed by atoms with E-state index in [0.29, 0.717) is 12.0 Å². The van der Waals surface area contributed by atoms with Gasteiger partial charge in [0, 0.05) is 17.8 Å². The first-order valence-electron chi connectivity index (χ1n) is 8.76. The third-order valence-electron chi connectivity index (χ3n) is 5.12. The van der Waals surface area contributed by atoms with E-state index >= 15 is 0 Å². The molecular formula is C20H21N5. The molecule has 126 valence electrons. The average molecular weight is 331 g/mol. The van der Waals surface area contributed by atoms with E-state index < -0.39 is 0 Å². The molecule has 1 aromatic carbocycles. The molecule has 5 nitrogen and oxygen atoms in total. The number of fused-ring (bicyclic) bond motifs is 1. The molecule has 1 aliphatic rings. The maximum absolute atomic E-state index is 7.29. The van der Waals surface area contributed by atoms with Gasteiger partial charge >= 0.3 is 5.95 Å². The predicted molar refractivity (Wildman–Crippen MR) is 101 cm³/mol. The number of hydrogen-bond acceptors (Lipinski definition) is 3. The first kappa shape index (κ1) is 15.6. The maximum Gasteiger partial charge on any atom is 0.374 e. The quantitative estimate of drug-likeness (QED) is 0.655. The van der Waals surface area contributed by atoms with E-state index in [9.17, 15) is 0 Å². The van der Waals surface area contributed by atoms with E-state index in [1.54, 1.807) is 0 Å². The van der Waals surface area contributed by atoms with E-state index in [4.69, 9.17) is 6.57 Å². The third-order valence-corrected chi connectivity index (χ3v) is 5.12. The number of nitrogens with zero attached hydrogens (tertiary/aromatic N) is 3. The predicted octanol–water partition coefficient (Wildman–Crippen LogP) is 5.08. The molecule has 1 aliphatic carbocycles. The second kappa shape index (κ2) is 6.21. The molecule has 2 aromatic heterocycles. The monoisotopic (exact) mass is 331 g/mol. The van der Waals surface area contributed by atoms with Gasteiger partial charge in [0.2, 0.25) is 5.82 Å². The van der Waals surface area contributed by atoms with Crippen LogP contribution in [0.25, 0.3) is 27.1 Å². The lowest BCUT2D eigenvalue weighted by molar-refractivity contribution is 0.285. The Morgan fingerprint density at radius 2 is 2.12 bits per heavy atom. The molecule has 0 unspecified atom stereocenters. The van der Waals surface area contributed by atoms with E-state index in [1.165, 1.54) is 24.8 Å². The van der Waals surface area contributed by atoms with Crippen LogP contribution in [0.4, 0.5) is 11.8 Å². The summed E-state index contributed by atoms with van der Waals surface area (Å²) in [7, 11) is 0. The number of H-pyrrole nitrogens is 1. The SMILES string of the molecule is [C-]#[N+]c1nc(N[C@H](C)C2CCC2)c2[nH]c(-c3cccc(C)c3)cc2n1. The highest BCUT2D eigenvalue weighted by Crippen LogP contribution is 2.33. The van der Waals surface area contributed by atoms with Crippen molar-refractivity contribution in [3.8, 4) is 11.3 Å². The zero-order chi connectivity index (χ0) is 17.4. The first-order valence-corrected chi connectivity index (χ1v) is 8.76. The lowest BCUT2D eigenvalue weighted by Crippen LogP contribution is -2.31. The molecule has 1 saturated carbocycles. The topological polar surface area (TPSA) is 58.0 Å². The zero-order valence-corrected chi connectivity index (χ0v) is 14.5. The molecule has 1 fully saturated rings. The van der Waals surface area contributed by atoms with Crippen LogP contribution < -0.4 is 5.32 Å². The standard InChI is InChI=1S/C20H21N5/c1-12-6-4-9-15(10-12)16-11-17-18(23-16)19(25-20(21-3)24-17)22-13(2)14-7-5-8-14/h4,6,9-11,13-14,23H,5,7-8H2,1-2H3,(H,22,24,25)/t13-/m1/s1. The number of aryl methyl sites for hydroxylation is 1. The van der Waals surface area contributed by atoms with Crippen LogP contribution in [-0.2, 0) is 0 Å². The van der Waals surface area contributed by atoms with Gasteiger partial charge in [-0.25, -0.2) is 0 Å². The number of rotatable bonds is 4. The van der Waals surface area contributed by atoms with Crippen LogP contribution >= 0.6 is 0 Å². The third kappa shape index (κ3) is 2.96. The summed E-state index contributed by atoms with van der Waals surface area (Å²) in [5.41, 5.74) is 4.96. The van der Waals surface area contributed by atoms with Crippen LogP contribution in [0.3, 0.4) is 0 Å². The summed E-state index contributed by atoms with van der Waals surface area (Å²) in [5.74, 6) is 1.60. The molecule has 4 rings (SSSR count). The van der Waals surface area contributed by atoms with Crippen molar-refractivity contribution in [2.75, 3.05) is 5.32 Å². The van der Waals surface area contributed by atoms with Crippen LogP contribution in [0, 0.1) is 19.4 Å². The van der Waals surface area contributed by atoms with E-state index in [-0.39, 0.29) is 5.95 Å². The fraction of sp³-hybridized carbons (Fsp3) is 0.350. The van der Waals surface area contributed by atoms with Crippen molar-refractivity contribution in [2.24, 2.45) is 5.92 Å². The molecular weight excluding hydrogens is 310 g/mol. The Bertz CT molecular complexity index is 962. The van der Waals surface area contributed by atoms with Gasteiger partial charge in [-0.15, -0.1) is 16.5 Å². The van der Waals surface area contributed by atoms with Crippen LogP contribution in [-0.4, -0.2) is 21.0 Å². The minimum atomic E-state index is 0.186. The normalized spacial score (nSPS) is 15.6. The summed E-state index contributed by atoms with van der Waals surface area (Å²) < 4.78 is 0. The summed E-state index contributed by atoms with van der Waals surface area (Å²) in [6.45, 7) is 11.6. The Labute approximate surface area is 147 Å². The minimum absolute atomic E-state index is 0.186. The number of aromatic nitrogens is 3. The molecule has 25 heavy (non-hydrogen) atoms. The number of aromatic amines is 1. The van der Waals surface area contributed by atoms with Crippen molar-refractivity contribution >= 4 is 22.8 Å². The van der Waals surface area contributed by atoms with Crippen LogP contribution in [0.2, 0.25) is 0 Å². The fourth-order valence-electron chi connectivity index (χ4n) is 3.40. The lowest BCUT2D eigenvalue weighted by atomic mass is 9.80. The first-order chi connectivity index (χ1) is 12.1. The number of hydrogen-bond donors (Lipinski definition) is 2. The van der Waals surface area contributed by atoms with Gasteiger partial charge in [-0.1, -0.05) is 30.2 Å². The van der Waals surface area contributed by atoms with Crippen LogP contribution in [0.15, 0.2) is 30.3 Å². The van der Waals surface area contributed by atoms with Crippen molar-refractivity contribution in [1.82, 2.24) is 15.0 Å². The van der Waals surface area contributed by atoms with Gasteiger partial charge in [-0.05, 0) is 44.2 Å². The Hall–Kier alpha value is -2.87. The summed E-state index contributed by atoms with van der Waals surface area (Å²) in [4.78, 5) is 15.7. The van der Waals surface area contributed by atoms with Crippen LogP contribution in [0.1, 0.15) is 31.7 Å². The Balaban J connectivity index is 1.77. The molecule has 0 radical (unpaired) electrons. The Kier molecular flexibility index (Phi) is 3.89. The van der Waals surface area contributed by atoms with Gasteiger partial charge < -0.3 is 15.1 Å². The lowest BCUT2D eigenvalue weighted by Gasteiger charge is -2.31. The van der Waals surface area contributed by atoms with Crippen LogP contribution in [0.5, 0.6) is 0 Å². The van der Waals surface area contributed by atoms with Gasteiger partial charge in [0.15, 0.2) is 5.52 Å². The van der Waals surface area contributed by atoms with Gasteiger partial charge in [-0.3, -0.25) is 0 Å². The van der Waals surface area contributed by atoms with Crippen molar-refractivity contribution in [3.63, 3.8) is 0 Å². The van der Waals surface area contributed by atoms with Gasteiger partial charge in [0.1, 0.15) is 5.52 Å². The molecule has 0 spiro atoms. The number of benzene rings is 1. The highest BCUT2D eigenvalue weighted by molar-refractivity contribution is 5.91. The molecule has 1 atom stereocenters. The summed E-state index contributed by atoms with van der Waals surface area (Å²) in [6, 6.07) is 10.7. The highest BCUT2D eigenvalue weighted by Gasteiger charge is 2.26. The fourth-order valence-corrected chi connectivity index (χ4v) is 3.40. The average Bonchev–Trinajstić information content (AvgIpc) is 2.97. The second-order valence-corrected chi connectivity index (χ2v) is 6.92. The smallest absolute Gasteiger partial charge is 0.374 e. The Morgan fingerprint density at radius 1 is 1.28 bits per heavy atom. The maximum atomic E-state index is 7.29. The molecule has 5 heteroatoms. The molecule has 3 aromatic rings. The molecule has 0 saturated heterocycles. The molecule has 2 N–H and O–H groups in total. The van der Waals surface area contributed by atoms with Gasteiger partial charge in [0.25, 0.3) is 0 Å². The van der Waals surface area contributed by atoms with Crippen molar-refractivity contribution in [1.29, 1.82) is 0 Å². The molecule has 0 aliphatic heterocycles.